The molecule has 558 valence electrons. The van der Waals surface area contributed by atoms with Crippen LogP contribution in [0.2, 0.25) is 0 Å². The lowest BCUT2D eigenvalue weighted by Gasteiger charge is -2.21. The first-order chi connectivity index (χ1) is 45.5. The molecule has 0 aromatic carbocycles. The third-order valence-corrected chi connectivity index (χ3v) is 19.4. The van der Waals surface area contributed by atoms with Gasteiger partial charge in [-0.1, -0.05) is 343 Å². The van der Waals surface area contributed by atoms with E-state index in [1.807, 2.05) is 0 Å². The second-order valence-corrected chi connectivity index (χ2v) is 30.4. The van der Waals surface area contributed by atoms with Crippen molar-refractivity contribution in [2.45, 2.75) is 412 Å². The third-order valence-electron chi connectivity index (χ3n) is 17.5. The van der Waals surface area contributed by atoms with Crippen molar-refractivity contribution in [1.82, 2.24) is 0 Å². The fraction of sp³-hybridized carbons (Fsp3) is 0.947. The Morgan fingerprint density at radius 3 is 0.723 bits per heavy atom. The van der Waals surface area contributed by atoms with E-state index in [4.69, 9.17) is 37.0 Å². The Bertz CT molecular complexity index is 1810. The molecule has 0 aliphatic carbocycles. The van der Waals surface area contributed by atoms with Gasteiger partial charge in [-0.15, -0.1) is 0 Å². The molecule has 2 unspecified atom stereocenters. The zero-order valence-electron chi connectivity index (χ0n) is 61.1. The monoisotopic (exact) mass is 1380 g/mol. The Labute approximate surface area is 575 Å². The van der Waals surface area contributed by atoms with Gasteiger partial charge in [0.05, 0.1) is 26.4 Å². The lowest BCUT2D eigenvalue weighted by atomic mass is 10.0. The molecule has 0 saturated heterocycles. The molecule has 0 aliphatic heterocycles. The molecule has 19 heteroatoms. The van der Waals surface area contributed by atoms with Gasteiger partial charge in [-0.05, 0) is 31.6 Å². The van der Waals surface area contributed by atoms with E-state index in [1.54, 1.807) is 0 Å². The molecule has 94 heavy (non-hydrogen) atoms. The quantitative estimate of drug-likeness (QED) is 0.0222. The number of rotatable bonds is 75. The second-order valence-electron chi connectivity index (χ2n) is 27.5. The molecule has 0 amide bonds. The van der Waals surface area contributed by atoms with E-state index in [9.17, 15) is 43.2 Å². The van der Waals surface area contributed by atoms with E-state index in [0.717, 1.165) is 95.8 Å². The molecule has 17 nitrogen and oxygen atoms in total. The van der Waals surface area contributed by atoms with Crippen LogP contribution in [0.5, 0.6) is 0 Å². The van der Waals surface area contributed by atoms with E-state index in [-0.39, 0.29) is 25.7 Å². The van der Waals surface area contributed by atoms with Gasteiger partial charge in [-0.25, -0.2) is 9.13 Å². The summed E-state index contributed by atoms with van der Waals surface area (Å²) in [6, 6.07) is 0. The summed E-state index contributed by atoms with van der Waals surface area (Å²) in [4.78, 5) is 72.8. The van der Waals surface area contributed by atoms with Gasteiger partial charge in [-0.2, -0.15) is 0 Å². The summed E-state index contributed by atoms with van der Waals surface area (Å²) in [6.45, 7) is 7.28. The van der Waals surface area contributed by atoms with Crippen LogP contribution in [-0.4, -0.2) is 96.7 Å². The zero-order valence-corrected chi connectivity index (χ0v) is 62.9. The SMILES string of the molecule is CCCCCCCCCCCCCCCCCCC(=O)O[C@H](COC(=O)CCCCCCCCCCCCCCCCC)COP(=O)(O)OC[C@@H](O)COP(=O)(O)OC[C@@H](COC(=O)CCCCCCCCCCCC)OC(=O)CCCCCCCCCCCCC(C)C. The van der Waals surface area contributed by atoms with E-state index >= 15 is 0 Å². The molecule has 3 N–H and O–H groups in total. The summed E-state index contributed by atoms with van der Waals surface area (Å²) in [5.41, 5.74) is 0. The van der Waals surface area contributed by atoms with Gasteiger partial charge in [0.25, 0.3) is 0 Å². The zero-order chi connectivity index (χ0) is 69.1. The maximum Gasteiger partial charge on any atom is 0.472 e. The Morgan fingerprint density at radius 1 is 0.287 bits per heavy atom. The first-order valence-corrected chi connectivity index (χ1v) is 42.1. The molecule has 0 aromatic heterocycles. The largest absolute Gasteiger partial charge is 0.472 e. The highest BCUT2D eigenvalue weighted by molar-refractivity contribution is 7.47. The van der Waals surface area contributed by atoms with Gasteiger partial charge in [0.15, 0.2) is 12.2 Å². The number of phosphoric ester groups is 2. The molecule has 0 spiro atoms. The topological polar surface area (TPSA) is 237 Å². The first-order valence-electron chi connectivity index (χ1n) is 39.1. The summed E-state index contributed by atoms with van der Waals surface area (Å²) in [5, 5.41) is 10.6. The molecule has 0 radical (unpaired) electrons. The van der Waals surface area contributed by atoms with Gasteiger partial charge in [-0.3, -0.25) is 37.3 Å². The molecule has 0 heterocycles. The predicted octanol–water partition coefficient (Wildman–Crippen LogP) is 22.1. The van der Waals surface area contributed by atoms with E-state index in [2.05, 4.69) is 34.6 Å². The Morgan fingerprint density at radius 2 is 0.489 bits per heavy atom. The van der Waals surface area contributed by atoms with Crippen molar-refractivity contribution < 1.29 is 80.2 Å². The van der Waals surface area contributed by atoms with Crippen LogP contribution in [0.15, 0.2) is 0 Å². The fourth-order valence-electron chi connectivity index (χ4n) is 11.5. The van der Waals surface area contributed by atoms with Crippen molar-refractivity contribution in [3.63, 3.8) is 0 Å². The van der Waals surface area contributed by atoms with Crippen LogP contribution in [0.3, 0.4) is 0 Å². The summed E-state index contributed by atoms with van der Waals surface area (Å²) in [6.07, 6.45) is 56.7. The number of hydrogen-bond acceptors (Lipinski definition) is 15. The third kappa shape index (κ3) is 68.6. The number of aliphatic hydroxyl groups excluding tert-OH is 1. The smallest absolute Gasteiger partial charge is 0.462 e. The van der Waals surface area contributed by atoms with Crippen molar-refractivity contribution in [3.8, 4) is 0 Å². The normalized spacial score (nSPS) is 14.0. The molecule has 0 aliphatic rings. The minimum Gasteiger partial charge on any atom is -0.462 e. The number of carbonyl (C=O) groups excluding carboxylic acids is 4. The second kappa shape index (κ2) is 68.2. The van der Waals surface area contributed by atoms with Crippen molar-refractivity contribution >= 4 is 39.5 Å². The van der Waals surface area contributed by atoms with E-state index < -0.39 is 97.5 Å². The van der Waals surface area contributed by atoms with Crippen molar-refractivity contribution in [2.24, 2.45) is 5.92 Å². The van der Waals surface area contributed by atoms with Crippen molar-refractivity contribution in [3.05, 3.63) is 0 Å². The number of aliphatic hydroxyl groups is 1. The minimum absolute atomic E-state index is 0.106. The maximum atomic E-state index is 13.1. The average molecular weight is 1380 g/mol. The minimum atomic E-state index is -4.96. The van der Waals surface area contributed by atoms with Crippen LogP contribution < -0.4 is 0 Å². The van der Waals surface area contributed by atoms with Gasteiger partial charge < -0.3 is 33.8 Å². The molecule has 5 atom stereocenters. The number of unbranched alkanes of at least 4 members (excludes halogenated alkanes) is 47. The van der Waals surface area contributed by atoms with Crippen LogP contribution in [0.25, 0.3) is 0 Å². The fourth-order valence-corrected chi connectivity index (χ4v) is 13.1. The van der Waals surface area contributed by atoms with Gasteiger partial charge in [0.2, 0.25) is 0 Å². The number of ether oxygens (including phenoxy) is 4. The van der Waals surface area contributed by atoms with Crippen LogP contribution in [0.1, 0.15) is 394 Å². The Balaban J connectivity index is 5.25. The Kier molecular flexibility index (Phi) is 66.8. The predicted molar refractivity (Wildman–Crippen MR) is 382 cm³/mol. The maximum absolute atomic E-state index is 13.1. The van der Waals surface area contributed by atoms with Crippen molar-refractivity contribution in [2.75, 3.05) is 39.6 Å². The van der Waals surface area contributed by atoms with Gasteiger partial charge >= 0.3 is 39.5 Å². The van der Waals surface area contributed by atoms with Gasteiger partial charge in [0, 0.05) is 25.7 Å². The molecule has 0 aromatic rings. The van der Waals surface area contributed by atoms with Crippen LogP contribution in [0, 0.1) is 5.92 Å². The molecule has 0 rings (SSSR count). The lowest BCUT2D eigenvalue weighted by Crippen LogP contribution is -2.30. The number of carbonyl (C=O) groups is 4. The summed E-state index contributed by atoms with van der Waals surface area (Å²) < 4.78 is 68.5. The van der Waals surface area contributed by atoms with Crippen LogP contribution in [-0.2, 0) is 65.4 Å². The molecule has 0 saturated carbocycles. The highest BCUT2D eigenvalue weighted by Gasteiger charge is 2.30. The molecule has 0 fully saturated rings. The number of esters is 4. The molecular weight excluding hydrogens is 1230 g/mol. The summed E-state index contributed by atoms with van der Waals surface area (Å²) >= 11 is 0. The van der Waals surface area contributed by atoms with Gasteiger partial charge in [0.1, 0.15) is 19.3 Å². The first kappa shape index (κ1) is 92.1. The average Bonchev–Trinajstić information content (AvgIpc) is 1.66. The number of hydrogen-bond donors (Lipinski definition) is 3. The highest BCUT2D eigenvalue weighted by atomic mass is 31.2. The van der Waals surface area contributed by atoms with Crippen molar-refractivity contribution in [1.29, 1.82) is 0 Å². The molecule has 0 bridgehead atoms. The highest BCUT2D eigenvalue weighted by Crippen LogP contribution is 2.45. The standard InChI is InChI=1S/C75H146O17P2/c1-6-9-12-15-18-21-24-26-28-30-32-34-40-45-50-55-60-74(79)91-71(65-86-73(78)59-54-49-44-39-33-31-29-27-25-22-19-16-13-10-7-2)67-90-94(83,84)88-63-69(76)62-87-93(81,82)89-66-70(64-85-72(77)58-53-48-43-38-23-20-17-14-11-8-3)92-75(80)61-56-51-46-41-36-35-37-42-47-52-57-68(4)5/h68-71,76H,6-67H2,1-5H3,(H,81,82)(H,83,84)/t69-,70+,71+/m0/s1. The lowest BCUT2D eigenvalue weighted by molar-refractivity contribution is -0.161. The van der Waals surface area contributed by atoms with Crippen LogP contribution in [0.4, 0.5) is 0 Å². The Hall–Kier alpha value is -1.94. The molecular formula is C75H146O17P2. The summed E-state index contributed by atoms with van der Waals surface area (Å²) in [5.74, 6) is -1.36. The summed E-state index contributed by atoms with van der Waals surface area (Å²) in [7, 11) is -9.91. The van der Waals surface area contributed by atoms with E-state index in [0.29, 0.717) is 25.7 Å². The number of phosphoric acid groups is 2. The van der Waals surface area contributed by atoms with E-state index in [1.165, 1.54) is 218 Å². The van der Waals surface area contributed by atoms with Crippen LogP contribution >= 0.6 is 15.6 Å².